The first kappa shape index (κ1) is 15.2. The molecule has 1 aliphatic heterocycles. The Bertz CT molecular complexity index is 511. The number of hydrogen-bond donors (Lipinski definition) is 2. The summed E-state index contributed by atoms with van der Waals surface area (Å²) in [6, 6.07) is 2.04. The fourth-order valence-electron chi connectivity index (χ4n) is 2.51. The van der Waals surface area contributed by atoms with Gasteiger partial charge in [-0.3, -0.25) is 10.1 Å². The maximum absolute atomic E-state index is 12.0. The van der Waals surface area contributed by atoms with Crippen LogP contribution in [0.25, 0.3) is 0 Å². The molecule has 1 aliphatic rings. The Hall–Kier alpha value is -1.20. The van der Waals surface area contributed by atoms with Crippen molar-refractivity contribution in [2.24, 2.45) is 0 Å². The Morgan fingerprint density at radius 1 is 1.45 bits per heavy atom. The van der Waals surface area contributed by atoms with Crippen LogP contribution in [0.4, 0.5) is 0 Å². The summed E-state index contributed by atoms with van der Waals surface area (Å²) in [6.07, 6.45) is 0. The van der Waals surface area contributed by atoms with Gasteiger partial charge in [0.05, 0.1) is 13.2 Å². The molecule has 1 saturated heterocycles. The Morgan fingerprint density at radius 3 is 2.80 bits per heavy atom. The lowest BCUT2D eigenvalue weighted by Crippen LogP contribution is -2.41. The van der Waals surface area contributed by atoms with Crippen LogP contribution in [0.5, 0.6) is 5.75 Å². The van der Waals surface area contributed by atoms with E-state index in [4.69, 9.17) is 4.74 Å². The zero-order valence-electron chi connectivity index (χ0n) is 12.5. The average molecular weight is 294 g/mol. The summed E-state index contributed by atoms with van der Waals surface area (Å²) < 4.78 is 5.42. The predicted molar refractivity (Wildman–Crippen MR) is 83.3 cm³/mol. The van der Waals surface area contributed by atoms with Gasteiger partial charge in [0, 0.05) is 18.2 Å². The van der Waals surface area contributed by atoms with Crippen molar-refractivity contribution in [3.05, 3.63) is 28.3 Å². The van der Waals surface area contributed by atoms with E-state index in [1.807, 2.05) is 6.92 Å². The number of rotatable bonds is 4. The van der Waals surface area contributed by atoms with Crippen molar-refractivity contribution in [2.75, 3.05) is 18.7 Å². The normalized spacial score (nSPS) is 18.1. The molecule has 2 rings (SSSR count). The number of amides is 1. The van der Waals surface area contributed by atoms with Gasteiger partial charge in [-0.25, -0.2) is 0 Å². The molecule has 1 unspecified atom stereocenters. The topological polar surface area (TPSA) is 50.4 Å². The summed E-state index contributed by atoms with van der Waals surface area (Å²) in [5.41, 5.74) is 4.59. The Labute approximate surface area is 124 Å². The van der Waals surface area contributed by atoms with Gasteiger partial charge in [-0.2, -0.15) is 0 Å². The summed E-state index contributed by atoms with van der Waals surface area (Å²) in [5.74, 6) is 2.73. The van der Waals surface area contributed by atoms with Gasteiger partial charge in [0.1, 0.15) is 5.75 Å². The smallest absolute Gasteiger partial charge is 0.238 e. The van der Waals surface area contributed by atoms with Crippen LogP contribution < -0.4 is 15.4 Å². The van der Waals surface area contributed by atoms with E-state index in [-0.39, 0.29) is 11.9 Å². The quantitative estimate of drug-likeness (QED) is 0.890. The molecule has 1 aromatic carbocycles. The second-order valence-electron chi connectivity index (χ2n) is 5.13. The number of methoxy groups -OCH3 is 1. The summed E-state index contributed by atoms with van der Waals surface area (Å²) in [5, 5.41) is 6.20. The average Bonchev–Trinajstić information content (AvgIpc) is 2.95. The first-order chi connectivity index (χ1) is 9.54. The minimum atomic E-state index is -0.0549. The summed E-state index contributed by atoms with van der Waals surface area (Å²) in [6.45, 7) is 6.73. The summed E-state index contributed by atoms with van der Waals surface area (Å²) >= 11 is 1.76. The van der Waals surface area contributed by atoms with Gasteiger partial charge in [0.2, 0.25) is 5.91 Å². The molecule has 0 radical (unpaired) electrons. The van der Waals surface area contributed by atoms with Crippen LogP contribution in [0, 0.1) is 20.8 Å². The van der Waals surface area contributed by atoms with Crippen LogP contribution in [0.15, 0.2) is 6.07 Å². The molecule has 2 N–H and O–H groups in total. The standard InChI is InChI=1S/C15H22N2O2S/c1-9-5-12(10(2)11(3)14(9)19-4)6-16-15(18)13-7-20-8-17-13/h5,13,17H,6-8H2,1-4H3,(H,16,18). The number of aryl methyl sites for hydroxylation is 1. The highest BCUT2D eigenvalue weighted by atomic mass is 32.2. The van der Waals surface area contributed by atoms with Gasteiger partial charge < -0.3 is 10.1 Å². The number of carbonyl (C=O) groups excluding carboxylic acids is 1. The Morgan fingerprint density at radius 2 is 2.20 bits per heavy atom. The molecular formula is C15H22N2O2S. The van der Waals surface area contributed by atoms with Gasteiger partial charge in [-0.15, -0.1) is 11.8 Å². The van der Waals surface area contributed by atoms with E-state index in [1.54, 1.807) is 18.9 Å². The number of carbonyl (C=O) groups is 1. The van der Waals surface area contributed by atoms with Crippen molar-refractivity contribution in [2.45, 2.75) is 33.4 Å². The van der Waals surface area contributed by atoms with E-state index in [2.05, 4.69) is 30.5 Å². The van der Waals surface area contributed by atoms with Crippen molar-refractivity contribution < 1.29 is 9.53 Å². The molecule has 4 nitrogen and oxygen atoms in total. The molecule has 20 heavy (non-hydrogen) atoms. The van der Waals surface area contributed by atoms with Crippen molar-refractivity contribution in [3.8, 4) is 5.75 Å². The van der Waals surface area contributed by atoms with E-state index in [1.165, 1.54) is 5.56 Å². The fraction of sp³-hybridized carbons (Fsp3) is 0.533. The second kappa shape index (κ2) is 6.50. The Kier molecular flexibility index (Phi) is 4.94. The minimum absolute atomic E-state index is 0.0549. The fourth-order valence-corrected chi connectivity index (χ4v) is 3.45. The first-order valence-corrected chi connectivity index (χ1v) is 7.92. The zero-order chi connectivity index (χ0) is 14.7. The summed E-state index contributed by atoms with van der Waals surface area (Å²) in [7, 11) is 1.69. The maximum atomic E-state index is 12.0. The van der Waals surface area contributed by atoms with Crippen LogP contribution in [-0.2, 0) is 11.3 Å². The highest BCUT2D eigenvalue weighted by molar-refractivity contribution is 7.99. The molecule has 0 aromatic heterocycles. The third kappa shape index (κ3) is 3.10. The van der Waals surface area contributed by atoms with E-state index in [0.717, 1.165) is 34.1 Å². The third-order valence-corrected chi connectivity index (χ3v) is 4.76. The van der Waals surface area contributed by atoms with Gasteiger partial charge in [0.25, 0.3) is 0 Å². The SMILES string of the molecule is COc1c(C)cc(CNC(=O)C2CSCN2)c(C)c1C. The van der Waals surface area contributed by atoms with Gasteiger partial charge >= 0.3 is 0 Å². The van der Waals surface area contributed by atoms with Crippen LogP contribution in [0.3, 0.4) is 0 Å². The molecule has 0 aliphatic carbocycles. The zero-order valence-corrected chi connectivity index (χ0v) is 13.3. The number of thioether (sulfide) groups is 1. The second-order valence-corrected chi connectivity index (χ2v) is 6.16. The van der Waals surface area contributed by atoms with Crippen molar-refractivity contribution in [1.29, 1.82) is 0 Å². The van der Waals surface area contributed by atoms with Gasteiger partial charge in [-0.1, -0.05) is 6.07 Å². The van der Waals surface area contributed by atoms with E-state index in [0.29, 0.717) is 6.54 Å². The van der Waals surface area contributed by atoms with Gasteiger partial charge in [-0.05, 0) is 43.0 Å². The highest BCUT2D eigenvalue weighted by Crippen LogP contribution is 2.28. The summed E-state index contributed by atoms with van der Waals surface area (Å²) in [4.78, 5) is 12.0. The molecule has 0 bridgehead atoms. The van der Waals surface area contributed by atoms with Crippen LogP contribution in [-0.4, -0.2) is 30.7 Å². The molecule has 1 fully saturated rings. The number of hydrogen-bond acceptors (Lipinski definition) is 4. The molecule has 110 valence electrons. The van der Waals surface area contributed by atoms with E-state index >= 15 is 0 Å². The number of nitrogens with one attached hydrogen (secondary N) is 2. The van der Waals surface area contributed by atoms with Crippen molar-refractivity contribution in [3.63, 3.8) is 0 Å². The third-order valence-electron chi connectivity index (χ3n) is 3.82. The van der Waals surface area contributed by atoms with E-state index < -0.39 is 0 Å². The molecule has 1 heterocycles. The first-order valence-electron chi connectivity index (χ1n) is 6.77. The minimum Gasteiger partial charge on any atom is -0.496 e. The van der Waals surface area contributed by atoms with Crippen LogP contribution in [0.1, 0.15) is 22.3 Å². The predicted octanol–water partition coefficient (Wildman–Crippen LogP) is 1.90. The molecule has 5 heteroatoms. The monoisotopic (exact) mass is 294 g/mol. The molecular weight excluding hydrogens is 272 g/mol. The van der Waals surface area contributed by atoms with Crippen molar-refractivity contribution in [1.82, 2.24) is 10.6 Å². The molecule has 1 atom stereocenters. The molecule has 0 saturated carbocycles. The Balaban J connectivity index is 2.08. The van der Waals surface area contributed by atoms with Crippen LogP contribution in [0.2, 0.25) is 0 Å². The number of ether oxygens (including phenoxy) is 1. The number of benzene rings is 1. The molecule has 0 spiro atoms. The maximum Gasteiger partial charge on any atom is 0.238 e. The van der Waals surface area contributed by atoms with Crippen molar-refractivity contribution >= 4 is 17.7 Å². The lowest BCUT2D eigenvalue weighted by molar-refractivity contribution is -0.122. The van der Waals surface area contributed by atoms with E-state index in [9.17, 15) is 4.79 Å². The van der Waals surface area contributed by atoms with Gasteiger partial charge in [0.15, 0.2) is 0 Å². The molecule has 1 aromatic rings. The largest absolute Gasteiger partial charge is 0.496 e. The lowest BCUT2D eigenvalue weighted by Gasteiger charge is -2.17. The van der Waals surface area contributed by atoms with Crippen LogP contribution >= 0.6 is 11.8 Å². The lowest BCUT2D eigenvalue weighted by atomic mass is 9.98. The molecule has 1 amide bonds. The highest BCUT2D eigenvalue weighted by Gasteiger charge is 2.22.